The second-order valence-corrected chi connectivity index (χ2v) is 9.39. The minimum Gasteiger partial charge on any atom is -0.489 e. The predicted octanol–water partition coefficient (Wildman–Crippen LogP) is 6.54. The van der Waals surface area contributed by atoms with Gasteiger partial charge in [0.25, 0.3) is 11.1 Å². The summed E-state index contributed by atoms with van der Waals surface area (Å²) in [4.78, 5) is 26.9. The monoisotopic (exact) mass is 513 g/mol. The number of hydrogen-bond acceptors (Lipinski definition) is 6. The predicted molar refractivity (Wildman–Crippen MR) is 131 cm³/mol. The van der Waals surface area contributed by atoms with Crippen molar-refractivity contribution in [3.05, 3.63) is 92.3 Å². The van der Waals surface area contributed by atoms with Gasteiger partial charge in [-0.2, -0.15) is 0 Å². The summed E-state index contributed by atoms with van der Waals surface area (Å²) in [7, 11) is 0. The van der Waals surface area contributed by atoms with Gasteiger partial charge in [-0.15, -0.1) is 0 Å². The van der Waals surface area contributed by atoms with Crippen LogP contribution in [0.25, 0.3) is 6.08 Å². The quantitative estimate of drug-likeness (QED) is 0.348. The molecule has 1 fully saturated rings. The van der Waals surface area contributed by atoms with E-state index in [0.29, 0.717) is 44.4 Å². The summed E-state index contributed by atoms with van der Waals surface area (Å²) in [6.07, 6.45) is 1.69. The van der Waals surface area contributed by atoms with Gasteiger partial charge in [0.15, 0.2) is 11.5 Å². The van der Waals surface area contributed by atoms with E-state index in [1.165, 1.54) is 4.90 Å². The van der Waals surface area contributed by atoms with Gasteiger partial charge in [0.2, 0.25) is 6.79 Å². The summed E-state index contributed by atoms with van der Waals surface area (Å²) < 4.78 is 16.5. The number of amides is 2. The zero-order valence-corrected chi connectivity index (χ0v) is 20.0. The van der Waals surface area contributed by atoms with Gasteiger partial charge in [0, 0.05) is 16.1 Å². The number of ether oxygens (including phenoxy) is 3. The van der Waals surface area contributed by atoms with E-state index in [9.17, 15) is 9.59 Å². The molecule has 2 heterocycles. The van der Waals surface area contributed by atoms with Crippen LogP contribution in [0.5, 0.6) is 17.2 Å². The molecule has 0 aliphatic carbocycles. The molecule has 0 radical (unpaired) electrons. The summed E-state index contributed by atoms with van der Waals surface area (Å²) in [5.74, 6) is 1.41. The first kappa shape index (κ1) is 22.7. The normalized spacial score (nSPS) is 15.9. The molecule has 3 aromatic rings. The third-order valence-electron chi connectivity index (χ3n) is 5.24. The van der Waals surface area contributed by atoms with Crippen molar-refractivity contribution < 1.29 is 23.8 Å². The van der Waals surface area contributed by atoms with E-state index in [4.69, 9.17) is 37.4 Å². The van der Waals surface area contributed by atoms with Gasteiger partial charge in [0.05, 0.1) is 11.4 Å². The van der Waals surface area contributed by atoms with Crippen molar-refractivity contribution >= 4 is 52.2 Å². The highest BCUT2D eigenvalue weighted by atomic mass is 35.5. The highest BCUT2D eigenvalue weighted by Gasteiger charge is 2.35. The van der Waals surface area contributed by atoms with Gasteiger partial charge in [-0.05, 0) is 64.9 Å². The molecule has 0 spiro atoms. The van der Waals surface area contributed by atoms with E-state index < -0.39 is 0 Å². The Hall–Kier alpha value is -3.13. The highest BCUT2D eigenvalue weighted by Crippen LogP contribution is 2.39. The lowest BCUT2D eigenvalue weighted by atomic mass is 10.1. The van der Waals surface area contributed by atoms with Gasteiger partial charge >= 0.3 is 0 Å². The van der Waals surface area contributed by atoms with E-state index in [2.05, 4.69) is 0 Å². The molecule has 0 atom stereocenters. The van der Waals surface area contributed by atoms with Crippen LogP contribution in [-0.2, 0) is 17.9 Å². The maximum atomic E-state index is 12.9. The Balaban J connectivity index is 1.25. The summed E-state index contributed by atoms with van der Waals surface area (Å²) in [5.41, 5.74) is 2.40. The van der Waals surface area contributed by atoms with E-state index >= 15 is 0 Å². The first-order chi connectivity index (χ1) is 16.5. The number of imide groups is 1. The Morgan fingerprint density at radius 1 is 0.971 bits per heavy atom. The number of benzene rings is 3. The number of rotatable bonds is 6. The summed E-state index contributed by atoms with van der Waals surface area (Å²) >= 11 is 13.1. The molecular formula is C25H17Cl2NO5S. The standard InChI is InChI=1S/C25H17Cl2NO5S/c26-18-5-1-16(2-6-18)13-31-19-7-3-15(4-8-19)9-23-24(29)28(25(30)34-23)12-17-10-21-22(11-20(17)27)33-14-32-21/h1-11H,12-14H2/b23-9+. The van der Waals surface area contributed by atoms with Gasteiger partial charge in [-0.3, -0.25) is 14.5 Å². The molecule has 34 heavy (non-hydrogen) atoms. The Morgan fingerprint density at radius 2 is 1.68 bits per heavy atom. The van der Waals surface area contributed by atoms with Crippen LogP contribution >= 0.6 is 35.0 Å². The fourth-order valence-electron chi connectivity index (χ4n) is 3.45. The summed E-state index contributed by atoms with van der Waals surface area (Å²) in [5, 5.41) is 0.728. The molecule has 9 heteroatoms. The Bertz CT molecular complexity index is 1290. The Morgan fingerprint density at radius 3 is 2.41 bits per heavy atom. The van der Waals surface area contributed by atoms with E-state index in [0.717, 1.165) is 22.9 Å². The maximum absolute atomic E-state index is 12.9. The molecule has 0 unspecified atom stereocenters. The third kappa shape index (κ3) is 4.87. The minimum atomic E-state index is -0.369. The van der Waals surface area contributed by atoms with Gasteiger partial charge in [-0.25, -0.2) is 0 Å². The van der Waals surface area contributed by atoms with Gasteiger partial charge in [-0.1, -0.05) is 47.5 Å². The number of nitrogens with zero attached hydrogens (tertiary/aromatic N) is 1. The van der Waals surface area contributed by atoms with E-state index in [1.807, 2.05) is 48.5 Å². The largest absolute Gasteiger partial charge is 0.489 e. The van der Waals surface area contributed by atoms with Crippen LogP contribution in [0.15, 0.2) is 65.6 Å². The van der Waals surface area contributed by atoms with Crippen LogP contribution < -0.4 is 14.2 Å². The number of halogens is 2. The lowest BCUT2D eigenvalue weighted by molar-refractivity contribution is -0.123. The molecule has 2 aliphatic rings. The zero-order chi connectivity index (χ0) is 23.7. The lowest BCUT2D eigenvalue weighted by Crippen LogP contribution is -2.27. The molecular weight excluding hydrogens is 497 g/mol. The SMILES string of the molecule is O=C1S/C(=C/c2ccc(OCc3ccc(Cl)cc3)cc2)C(=O)N1Cc1cc2c(cc1Cl)OCO2. The molecule has 3 aromatic carbocycles. The van der Waals surface area contributed by atoms with E-state index in [-0.39, 0.29) is 24.5 Å². The number of carbonyl (C=O) groups excluding carboxylic acids is 2. The first-order valence-electron chi connectivity index (χ1n) is 10.3. The number of carbonyl (C=O) groups is 2. The van der Waals surface area contributed by atoms with Crippen molar-refractivity contribution in [3.8, 4) is 17.2 Å². The number of thioether (sulfide) groups is 1. The molecule has 6 nitrogen and oxygen atoms in total. The summed E-state index contributed by atoms with van der Waals surface area (Å²) in [6, 6.07) is 18.1. The van der Waals surface area contributed by atoms with Crippen molar-refractivity contribution in [3.63, 3.8) is 0 Å². The number of hydrogen-bond donors (Lipinski definition) is 0. The Labute approximate surface area is 210 Å². The third-order valence-corrected chi connectivity index (χ3v) is 6.75. The molecule has 2 amide bonds. The second-order valence-electron chi connectivity index (χ2n) is 7.55. The average Bonchev–Trinajstić information content (AvgIpc) is 3.39. The number of fused-ring (bicyclic) bond motifs is 1. The maximum Gasteiger partial charge on any atom is 0.293 e. The fraction of sp³-hybridized carbons (Fsp3) is 0.120. The van der Waals surface area contributed by atoms with Crippen molar-refractivity contribution in [1.29, 1.82) is 0 Å². The fourth-order valence-corrected chi connectivity index (χ4v) is 4.62. The van der Waals surface area contributed by atoms with Crippen LogP contribution in [0.3, 0.4) is 0 Å². The van der Waals surface area contributed by atoms with Crippen molar-refractivity contribution in [2.75, 3.05) is 6.79 Å². The molecule has 172 valence electrons. The lowest BCUT2D eigenvalue weighted by Gasteiger charge is -2.14. The second kappa shape index (κ2) is 9.62. The topological polar surface area (TPSA) is 65.1 Å². The van der Waals surface area contributed by atoms with Crippen LogP contribution in [-0.4, -0.2) is 22.8 Å². The first-order valence-corrected chi connectivity index (χ1v) is 11.8. The summed E-state index contributed by atoms with van der Waals surface area (Å²) in [6.45, 7) is 0.581. The van der Waals surface area contributed by atoms with Crippen molar-refractivity contribution in [2.45, 2.75) is 13.2 Å². The average molecular weight is 514 g/mol. The molecule has 5 rings (SSSR count). The molecule has 0 saturated carbocycles. The van der Waals surface area contributed by atoms with Crippen LogP contribution in [0.4, 0.5) is 4.79 Å². The molecule has 0 aromatic heterocycles. The molecule has 0 N–H and O–H groups in total. The zero-order valence-electron chi connectivity index (χ0n) is 17.6. The highest BCUT2D eigenvalue weighted by molar-refractivity contribution is 8.18. The van der Waals surface area contributed by atoms with Crippen molar-refractivity contribution in [2.24, 2.45) is 0 Å². The van der Waals surface area contributed by atoms with Gasteiger partial charge in [0.1, 0.15) is 12.4 Å². The Kier molecular flexibility index (Phi) is 6.41. The molecule has 1 saturated heterocycles. The van der Waals surface area contributed by atoms with Crippen LogP contribution in [0.2, 0.25) is 10.0 Å². The van der Waals surface area contributed by atoms with E-state index in [1.54, 1.807) is 18.2 Å². The van der Waals surface area contributed by atoms with Crippen molar-refractivity contribution in [1.82, 2.24) is 4.90 Å². The van der Waals surface area contributed by atoms with Gasteiger partial charge < -0.3 is 14.2 Å². The van der Waals surface area contributed by atoms with Crippen LogP contribution in [0.1, 0.15) is 16.7 Å². The molecule has 0 bridgehead atoms. The smallest absolute Gasteiger partial charge is 0.293 e. The van der Waals surface area contributed by atoms with Crippen LogP contribution in [0, 0.1) is 0 Å². The molecule has 2 aliphatic heterocycles. The minimum absolute atomic E-state index is 0.0506.